The summed E-state index contributed by atoms with van der Waals surface area (Å²) in [6.07, 6.45) is 6.41. The van der Waals surface area contributed by atoms with Crippen LogP contribution in [0.25, 0.3) is 0 Å². The van der Waals surface area contributed by atoms with Crippen LogP contribution in [0.15, 0.2) is 24.3 Å². The van der Waals surface area contributed by atoms with Gasteiger partial charge in [-0.25, -0.2) is 4.39 Å². The van der Waals surface area contributed by atoms with E-state index in [-0.39, 0.29) is 24.1 Å². The third-order valence-corrected chi connectivity index (χ3v) is 4.99. The maximum Gasteiger partial charge on any atom is 0.220 e. The number of para-hydroxylation sites is 1. The largest absolute Gasteiger partial charge is 0.489 e. The lowest BCUT2D eigenvalue weighted by molar-refractivity contribution is -0.121. The maximum absolute atomic E-state index is 13.4. The minimum atomic E-state index is -0.384. The molecule has 2 fully saturated rings. The quantitative estimate of drug-likeness (QED) is 0.668. The number of hydrazine groups is 1. The first-order valence-electron chi connectivity index (χ1n) is 8.89. The Hall–Kier alpha value is -1.66. The molecule has 1 aromatic rings. The normalized spacial score (nSPS) is 26.0. The number of hydrogen-bond donors (Lipinski definition) is 3. The lowest BCUT2D eigenvalue weighted by atomic mass is 9.80. The van der Waals surface area contributed by atoms with E-state index in [0.717, 1.165) is 6.42 Å². The molecule has 1 saturated heterocycles. The second kappa shape index (κ2) is 8.44. The lowest BCUT2D eigenvalue weighted by Crippen LogP contribution is -2.34. The number of halogens is 1. The Morgan fingerprint density at radius 2 is 2.08 bits per heavy atom. The molecule has 24 heavy (non-hydrogen) atoms. The topological polar surface area (TPSA) is 62.4 Å². The molecule has 1 saturated carbocycles. The highest BCUT2D eigenvalue weighted by Gasteiger charge is 2.36. The number of carbonyl (C=O) groups excluding carboxylic acids is 1. The van der Waals surface area contributed by atoms with Crippen LogP contribution in [0.5, 0.6) is 5.75 Å². The van der Waals surface area contributed by atoms with Crippen LogP contribution in [0, 0.1) is 11.7 Å². The molecule has 0 spiro atoms. The van der Waals surface area contributed by atoms with Crippen LogP contribution in [-0.2, 0) is 4.79 Å². The van der Waals surface area contributed by atoms with Gasteiger partial charge in [0.05, 0.1) is 6.54 Å². The van der Waals surface area contributed by atoms with Gasteiger partial charge in [-0.3, -0.25) is 15.6 Å². The van der Waals surface area contributed by atoms with Crippen molar-refractivity contribution >= 4 is 5.91 Å². The molecule has 3 rings (SSSR count). The van der Waals surface area contributed by atoms with Gasteiger partial charge in [-0.1, -0.05) is 25.0 Å². The number of fused-ring (bicyclic) bond motifs is 1. The Morgan fingerprint density at radius 1 is 1.25 bits per heavy atom. The van der Waals surface area contributed by atoms with Crippen molar-refractivity contribution in [2.45, 2.75) is 50.6 Å². The van der Waals surface area contributed by atoms with Gasteiger partial charge in [-0.15, -0.1) is 0 Å². The summed E-state index contributed by atoms with van der Waals surface area (Å²) in [6, 6.07) is 7.23. The van der Waals surface area contributed by atoms with Crippen LogP contribution in [0.4, 0.5) is 4.39 Å². The minimum absolute atomic E-state index is 0.0215. The maximum atomic E-state index is 13.4. The number of nitrogens with one attached hydrogen (secondary N) is 3. The Morgan fingerprint density at radius 3 is 2.96 bits per heavy atom. The second-order valence-electron chi connectivity index (χ2n) is 6.62. The van der Waals surface area contributed by atoms with Crippen LogP contribution in [0.2, 0.25) is 0 Å². The average molecular weight is 335 g/mol. The molecular formula is C18H26FN3O2. The molecule has 132 valence electrons. The zero-order chi connectivity index (χ0) is 16.8. The summed E-state index contributed by atoms with van der Waals surface area (Å²) in [5, 5.41) is 2.83. The van der Waals surface area contributed by atoms with E-state index in [2.05, 4.69) is 16.2 Å². The fraction of sp³-hybridized carbons (Fsp3) is 0.611. The van der Waals surface area contributed by atoms with Crippen molar-refractivity contribution in [3.63, 3.8) is 0 Å². The molecule has 3 N–H and O–H groups in total. The highest BCUT2D eigenvalue weighted by atomic mass is 19.1. The van der Waals surface area contributed by atoms with E-state index in [1.165, 1.54) is 31.7 Å². The highest BCUT2D eigenvalue weighted by molar-refractivity contribution is 5.75. The Labute approximate surface area is 142 Å². The molecule has 0 bridgehead atoms. The fourth-order valence-corrected chi connectivity index (χ4v) is 3.72. The van der Waals surface area contributed by atoms with Crippen molar-refractivity contribution in [3.05, 3.63) is 30.1 Å². The number of carbonyl (C=O) groups is 1. The van der Waals surface area contributed by atoms with E-state index in [1.807, 2.05) is 0 Å². The lowest BCUT2D eigenvalue weighted by Gasteiger charge is -2.27. The van der Waals surface area contributed by atoms with Gasteiger partial charge < -0.3 is 10.1 Å². The molecule has 0 aromatic heterocycles. The van der Waals surface area contributed by atoms with Gasteiger partial charge in [0, 0.05) is 18.5 Å². The predicted molar refractivity (Wildman–Crippen MR) is 89.9 cm³/mol. The smallest absolute Gasteiger partial charge is 0.220 e. The number of amides is 1. The summed E-state index contributed by atoms with van der Waals surface area (Å²) in [5.41, 5.74) is 6.72. The number of benzene rings is 1. The van der Waals surface area contributed by atoms with Gasteiger partial charge in [0.15, 0.2) is 11.6 Å². The molecule has 1 amide bonds. The van der Waals surface area contributed by atoms with E-state index in [0.29, 0.717) is 31.0 Å². The van der Waals surface area contributed by atoms with Gasteiger partial charge >= 0.3 is 0 Å². The predicted octanol–water partition coefficient (Wildman–Crippen LogP) is 2.14. The first kappa shape index (κ1) is 17.2. The van der Waals surface area contributed by atoms with E-state index in [9.17, 15) is 9.18 Å². The molecule has 1 aromatic carbocycles. The molecule has 1 heterocycles. The monoisotopic (exact) mass is 335 g/mol. The van der Waals surface area contributed by atoms with E-state index < -0.39 is 0 Å². The highest BCUT2D eigenvalue weighted by Crippen LogP contribution is 2.31. The zero-order valence-electron chi connectivity index (χ0n) is 13.9. The Bertz CT molecular complexity index is 555. The molecule has 3 unspecified atom stereocenters. The Kier molecular flexibility index (Phi) is 6.04. The van der Waals surface area contributed by atoms with Crippen LogP contribution in [0.1, 0.15) is 38.5 Å². The van der Waals surface area contributed by atoms with Gasteiger partial charge in [-0.05, 0) is 37.3 Å². The zero-order valence-corrected chi connectivity index (χ0v) is 13.9. The van der Waals surface area contributed by atoms with Crippen molar-refractivity contribution in [1.82, 2.24) is 16.2 Å². The van der Waals surface area contributed by atoms with Crippen molar-refractivity contribution < 1.29 is 13.9 Å². The second-order valence-corrected chi connectivity index (χ2v) is 6.62. The summed E-state index contributed by atoms with van der Waals surface area (Å²) in [6.45, 7) is 0.649. The third kappa shape index (κ3) is 4.45. The van der Waals surface area contributed by atoms with Crippen LogP contribution >= 0.6 is 0 Å². The van der Waals surface area contributed by atoms with Crippen LogP contribution in [0.3, 0.4) is 0 Å². The van der Waals surface area contributed by atoms with Gasteiger partial charge in [0.2, 0.25) is 5.91 Å². The van der Waals surface area contributed by atoms with Crippen LogP contribution in [-0.4, -0.2) is 31.1 Å². The average Bonchev–Trinajstić information content (AvgIpc) is 3.01. The van der Waals surface area contributed by atoms with Crippen molar-refractivity contribution in [2.24, 2.45) is 5.92 Å². The number of rotatable bonds is 7. The van der Waals surface area contributed by atoms with Gasteiger partial charge in [0.1, 0.15) is 6.61 Å². The molecule has 2 aliphatic rings. The van der Waals surface area contributed by atoms with Gasteiger partial charge in [-0.2, -0.15) is 0 Å². The first-order valence-corrected chi connectivity index (χ1v) is 8.89. The number of hydrogen-bond acceptors (Lipinski definition) is 4. The van der Waals surface area contributed by atoms with Crippen molar-refractivity contribution in [3.8, 4) is 5.75 Å². The molecule has 0 radical (unpaired) electrons. The molecule has 6 heteroatoms. The summed E-state index contributed by atoms with van der Waals surface area (Å²) in [7, 11) is 0. The molecular weight excluding hydrogens is 309 g/mol. The summed E-state index contributed by atoms with van der Waals surface area (Å²) < 4.78 is 18.7. The first-order chi connectivity index (χ1) is 11.7. The van der Waals surface area contributed by atoms with Gasteiger partial charge in [0.25, 0.3) is 0 Å². The third-order valence-electron chi connectivity index (χ3n) is 4.99. The molecule has 1 aliphatic carbocycles. The van der Waals surface area contributed by atoms with E-state index in [1.54, 1.807) is 18.2 Å². The number of ether oxygens (including phenoxy) is 1. The van der Waals surface area contributed by atoms with Crippen LogP contribution < -0.4 is 20.9 Å². The summed E-state index contributed by atoms with van der Waals surface area (Å²) in [5.74, 6) is 0.506. The Balaban J connectivity index is 1.31. The molecule has 3 atom stereocenters. The minimum Gasteiger partial charge on any atom is -0.489 e. The summed E-state index contributed by atoms with van der Waals surface area (Å²) >= 11 is 0. The fourth-order valence-electron chi connectivity index (χ4n) is 3.72. The molecule has 1 aliphatic heterocycles. The molecule has 5 nitrogen and oxygen atoms in total. The van der Waals surface area contributed by atoms with Crippen molar-refractivity contribution in [2.75, 3.05) is 13.2 Å². The standard InChI is InChI=1S/C18H26FN3O2/c19-14-6-2-4-8-17(14)24-12-11-20-18(23)10-9-16-13-5-1-3-7-15(13)21-22-16/h2,4,6,8,13,15-16,21-22H,1,3,5,7,9-12H2,(H,20,23). The van der Waals surface area contributed by atoms with E-state index >= 15 is 0 Å². The van der Waals surface area contributed by atoms with Crippen molar-refractivity contribution in [1.29, 1.82) is 0 Å². The van der Waals surface area contributed by atoms with E-state index in [4.69, 9.17) is 4.74 Å². The summed E-state index contributed by atoms with van der Waals surface area (Å²) in [4.78, 5) is 11.9. The SMILES string of the molecule is O=C(CCC1NNC2CCCCC21)NCCOc1ccccc1F.